The van der Waals surface area contributed by atoms with Crippen molar-refractivity contribution in [2.24, 2.45) is 0 Å². The molecule has 0 aliphatic carbocycles. The predicted octanol–water partition coefficient (Wildman–Crippen LogP) is 6.60. The van der Waals surface area contributed by atoms with Crippen LogP contribution in [0.1, 0.15) is 74.9 Å². The van der Waals surface area contributed by atoms with Crippen LogP contribution in [0, 0.1) is 0 Å². The summed E-state index contributed by atoms with van der Waals surface area (Å²) in [6.07, 6.45) is 5.87. The van der Waals surface area contributed by atoms with E-state index < -0.39 is 6.57 Å². The highest BCUT2D eigenvalue weighted by Gasteiger charge is 2.40. The van der Waals surface area contributed by atoms with Crippen molar-refractivity contribution in [3.05, 3.63) is 57.6 Å². The Bertz CT molecular complexity index is 862. The van der Waals surface area contributed by atoms with Gasteiger partial charge in [-0.1, -0.05) is 65.8 Å². The highest BCUT2D eigenvalue weighted by atomic mass is 32.5. The van der Waals surface area contributed by atoms with Gasteiger partial charge in [-0.2, -0.15) is 0 Å². The van der Waals surface area contributed by atoms with Crippen molar-refractivity contribution in [1.29, 1.82) is 0 Å². The molecule has 2 aromatic carbocycles. The Balaban J connectivity index is 2.14. The van der Waals surface area contributed by atoms with Gasteiger partial charge in [0, 0.05) is 13.1 Å². The molecule has 2 aromatic rings. The molecule has 1 saturated heterocycles. The number of rotatable bonds is 8. The molecule has 1 heterocycles. The summed E-state index contributed by atoms with van der Waals surface area (Å²) >= 11 is 6.09. The second kappa shape index (κ2) is 10.1. The first-order valence-corrected chi connectivity index (χ1v) is 14.7. The van der Waals surface area contributed by atoms with Gasteiger partial charge >= 0.3 is 0 Å². The molecule has 3 nitrogen and oxygen atoms in total. The Morgan fingerprint density at radius 2 is 0.935 bits per heavy atom. The van der Waals surface area contributed by atoms with E-state index in [1.54, 1.807) is 0 Å². The summed E-state index contributed by atoms with van der Waals surface area (Å²) in [7, 11) is 0. The predicted molar refractivity (Wildman–Crippen MR) is 140 cm³/mol. The first-order chi connectivity index (χ1) is 14.9. The van der Waals surface area contributed by atoms with Crippen molar-refractivity contribution in [2.75, 3.05) is 22.4 Å². The Hall–Kier alpha value is -1.35. The zero-order valence-corrected chi connectivity index (χ0v) is 21.9. The molecule has 1 fully saturated rings. The van der Waals surface area contributed by atoms with Gasteiger partial charge in [0.1, 0.15) is 0 Å². The molecule has 0 amide bonds. The fourth-order valence-corrected chi connectivity index (χ4v) is 7.85. The number of anilines is 2. The summed E-state index contributed by atoms with van der Waals surface area (Å²) in [5, 5.41) is 0. The molecule has 0 unspecified atom stereocenters. The molecule has 0 aromatic heterocycles. The largest absolute Gasteiger partial charge is 0.334 e. The van der Waals surface area contributed by atoms with Gasteiger partial charge in [-0.15, -0.1) is 0 Å². The van der Waals surface area contributed by atoms with Gasteiger partial charge in [0.2, 0.25) is 0 Å². The summed E-state index contributed by atoms with van der Waals surface area (Å²) in [4.78, 5) is 11.9. The lowest BCUT2D eigenvalue weighted by Gasteiger charge is -2.35. The number of nitrogens with zero attached hydrogens (tertiary/aromatic N) is 2. The van der Waals surface area contributed by atoms with E-state index in [9.17, 15) is 4.89 Å². The van der Waals surface area contributed by atoms with Crippen LogP contribution in [0.25, 0.3) is 0 Å². The Kier molecular flexibility index (Phi) is 7.89. The first kappa shape index (κ1) is 24.3. The van der Waals surface area contributed by atoms with Crippen molar-refractivity contribution >= 4 is 29.7 Å². The Labute approximate surface area is 194 Å². The van der Waals surface area contributed by atoms with Gasteiger partial charge < -0.3 is 14.2 Å². The zero-order valence-electron chi connectivity index (χ0n) is 20.2. The van der Waals surface area contributed by atoms with E-state index in [2.05, 4.69) is 75.1 Å². The van der Waals surface area contributed by atoms with Gasteiger partial charge in [-0.3, -0.25) is 0 Å². The average Bonchev–Trinajstić information content (AvgIpc) is 3.10. The van der Waals surface area contributed by atoms with Gasteiger partial charge in [0.25, 0.3) is 6.57 Å². The topological polar surface area (TPSA) is 26.7 Å². The molecule has 5 heteroatoms. The van der Waals surface area contributed by atoms with Crippen molar-refractivity contribution in [1.82, 2.24) is 0 Å². The molecule has 0 radical (unpaired) electrons. The normalized spacial score (nSPS) is 15.7. The quantitative estimate of drug-likeness (QED) is 0.451. The molecule has 170 valence electrons. The van der Waals surface area contributed by atoms with Crippen molar-refractivity contribution in [3.63, 3.8) is 0 Å². The van der Waals surface area contributed by atoms with Crippen molar-refractivity contribution < 1.29 is 4.89 Å². The van der Waals surface area contributed by atoms with Crippen LogP contribution in [0.5, 0.6) is 0 Å². The van der Waals surface area contributed by atoms with Gasteiger partial charge in [-0.25, -0.2) is 0 Å². The van der Waals surface area contributed by atoms with Gasteiger partial charge in [0.15, 0.2) is 0 Å². The van der Waals surface area contributed by atoms with E-state index in [0.29, 0.717) is 0 Å². The van der Waals surface area contributed by atoms with Crippen molar-refractivity contribution in [3.8, 4) is 0 Å². The Morgan fingerprint density at radius 3 is 1.16 bits per heavy atom. The standard InChI is InChI=1S/C26H39N2OPS/c1-7-19-15-21(9-3)25(22(10-4)16-19)27-13-14-28(30(27,29)31)26-23(11-5)17-20(8-2)18-24(26)12-6/h15-18H,7-14H2,1-6H3,(H,29,31). The summed E-state index contributed by atoms with van der Waals surface area (Å²) in [6.45, 7) is 11.9. The molecule has 1 aliphatic rings. The molecule has 0 saturated carbocycles. The number of hydrogen-bond donors (Lipinski definition) is 1. The van der Waals surface area contributed by atoms with Crippen LogP contribution >= 0.6 is 6.57 Å². The number of hydrogen-bond acceptors (Lipinski definition) is 1. The lowest BCUT2D eigenvalue weighted by Crippen LogP contribution is -2.22. The molecule has 1 N–H and O–H groups in total. The zero-order chi connectivity index (χ0) is 22.8. The third-order valence-electron chi connectivity index (χ3n) is 6.66. The van der Waals surface area contributed by atoms with Gasteiger partial charge in [-0.05, 0) is 83.7 Å². The second-order valence-corrected chi connectivity index (χ2v) is 11.9. The van der Waals surface area contributed by atoms with Crippen LogP contribution in [0.3, 0.4) is 0 Å². The lowest BCUT2D eigenvalue weighted by molar-refractivity contribution is 0.620. The Morgan fingerprint density at radius 1 is 0.645 bits per heavy atom. The molecule has 31 heavy (non-hydrogen) atoms. The number of benzene rings is 2. The highest BCUT2D eigenvalue weighted by Crippen LogP contribution is 2.59. The summed E-state index contributed by atoms with van der Waals surface area (Å²) in [5.41, 5.74) is 10.4. The minimum Gasteiger partial charge on any atom is -0.334 e. The molecule has 0 bridgehead atoms. The first-order valence-electron chi connectivity index (χ1n) is 12.0. The summed E-state index contributed by atoms with van der Waals surface area (Å²) < 4.78 is 4.37. The maximum atomic E-state index is 11.9. The minimum atomic E-state index is -2.91. The van der Waals surface area contributed by atoms with Gasteiger partial charge in [0.05, 0.1) is 11.4 Å². The smallest absolute Gasteiger partial charge is 0.251 e. The van der Waals surface area contributed by atoms with Crippen LogP contribution < -0.4 is 9.34 Å². The van der Waals surface area contributed by atoms with E-state index in [-0.39, 0.29) is 0 Å². The second-order valence-electron chi connectivity index (χ2n) is 8.41. The molecule has 1 aliphatic heterocycles. The molecule has 0 atom stereocenters. The third-order valence-corrected chi connectivity index (χ3v) is 9.90. The van der Waals surface area contributed by atoms with Crippen LogP contribution in [0.2, 0.25) is 0 Å². The summed E-state index contributed by atoms with van der Waals surface area (Å²) in [6, 6.07) is 9.27. The minimum absolute atomic E-state index is 0.779. The molecule has 3 rings (SSSR count). The van der Waals surface area contributed by atoms with E-state index in [0.717, 1.165) is 51.6 Å². The lowest BCUT2D eigenvalue weighted by atomic mass is 9.97. The van der Waals surface area contributed by atoms with Crippen molar-refractivity contribution in [2.45, 2.75) is 80.1 Å². The van der Waals surface area contributed by atoms with Crippen LogP contribution in [-0.4, -0.2) is 18.0 Å². The number of aryl methyl sites for hydroxylation is 6. The molecular weight excluding hydrogens is 419 g/mol. The SMILES string of the molecule is CCc1cc(CC)c(N2CCN(c3c(CC)cc(CC)cc3CC)P2(O)=S)c(CC)c1. The fourth-order valence-electron chi connectivity index (χ4n) is 4.88. The van der Waals surface area contributed by atoms with Crippen LogP contribution in [-0.2, 0) is 50.3 Å². The maximum absolute atomic E-state index is 11.9. The van der Waals surface area contributed by atoms with E-state index in [1.165, 1.54) is 44.8 Å². The molecule has 0 spiro atoms. The maximum Gasteiger partial charge on any atom is 0.251 e. The van der Waals surface area contributed by atoms with Crippen LogP contribution in [0.4, 0.5) is 11.4 Å². The van der Waals surface area contributed by atoms with Crippen LogP contribution in [0.15, 0.2) is 24.3 Å². The average molecular weight is 459 g/mol. The fraction of sp³-hybridized carbons (Fsp3) is 0.538. The summed E-state index contributed by atoms with van der Waals surface area (Å²) in [5.74, 6) is 0. The van der Waals surface area contributed by atoms with E-state index in [1.807, 2.05) is 0 Å². The third kappa shape index (κ3) is 4.45. The monoisotopic (exact) mass is 458 g/mol. The van der Waals surface area contributed by atoms with E-state index in [4.69, 9.17) is 11.8 Å². The van der Waals surface area contributed by atoms with E-state index >= 15 is 0 Å². The molecular formula is C26H39N2OPS. The highest BCUT2D eigenvalue weighted by molar-refractivity contribution is 8.13.